The molecule has 0 atom stereocenters. The molecule has 0 saturated carbocycles. The second kappa shape index (κ2) is 8.83. The van der Waals surface area contributed by atoms with Crippen LogP contribution in [-0.4, -0.2) is 16.6 Å². The molecule has 6 N–H and O–H groups in total. The standard InChI is InChI=1S/C2H4O2.H3N.H2O/c1-2(3)4;;/h1H3,(H,3,4);1H3;1H2. The molecular weight excluding hydrogens is 86.0 g/mol. The monoisotopic (exact) mass is 95.1 g/mol. The predicted octanol–water partition coefficient (Wildman–Crippen LogP) is -0.572. The Labute approximate surface area is 35.7 Å². The summed E-state index contributed by atoms with van der Waals surface area (Å²) in [4.78, 5) is 9.00. The Morgan fingerprint density at radius 3 is 1.67 bits per heavy atom. The second-order valence-corrected chi connectivity index (χ2v) is 0.519. The molecule has 6 heavy (non-hydrogen) atoms. The summed E-state index contributed by atoms with van der Waals surface area (Å²) in [7, 11) is 0. The van der Waals surface area contributed by atoms with Gasteiger partial charge < -0.3 is 16.7 Å². The first-order valence-electron chi connectivity index (χ1n) is 0.928. The van der Waals surface area contributed by atoms with Crippen LogP contribution in [-0.2, 0) is 4.79 Å². The predicted molar refractivity (Wildman–Crippen MR) is 21.9 cm³/mol. The zero-order valence-electron chi connectivity index (χ0n) is 3.56. The molecule has 0 aliphatic rings. The largest absolute Gasteiger partial charge is 0.481 e. The fraction of sp³-hybridized carbons (Fsp3) is 0.500. The molecule has 0 aromatic carbocycles. The molecule has 0 spiro atoms. The van der Waals surface area contributed by atoms with Gasteiger partial charge in [0.25, 0.3) is 5.97 Å². The zero-order valence-corrected chi connectivity index (χ0v) is 3.56. The SMILES string of the molecule is CC(=O)O.N.O. The van der Waals surface area contributed by atoms with Gasteiger partial charge in [0.15, 0.2) is 0 Å². The van der Waals surface area contributed by atoms with Crippen molar-refractivity contribution in [3.63, 3.8) is 0 Å². The van der Waals surface area contributed by atoms with Gasteiger partial charge in [-0.05, 0) is 0 Å². The van der Waals surface area contributed by atoms with E-state index in [1.165, 1.54) is 0 Å². The summed E-state index contributed by atoms with van der Waals surface area (Å²) < 4.78 is 0. The molecule has 0 rings (SSSR count). The average molecular weight is 95.1 g/mol. The van der Waals surface area contributed by atoms with E-state index >= 15 is 0 Å². The molecule has 0 heterocycles. The van der Waals surface area contributed by atoms with E-state index < -0.39 is 5.97 Å². The van der Waals surface area contributed by atoms with Crippen molar-refractivity contribution < 1.29 is 15.4 Å². The molecule has 4 nitrogen and oxygen atoms in total. The summed E-state index contributed by atoms with van der Waals surface area (Å²) in [5.41, 5.74) is 0. The quantitative estimate of drug-likeness (QED) is 0.420. The van der Waals surface area contributed by atoms with E-state index in [1.807, 2.05) is 0 Å². The zero-order chi connectivity index (χ0) is 3.58. The third-order valence-corrected chi connectivity index (χ3v) is 0. The number of hydrogen-bond donors (Lipinski definition) is 2. The Bertz CT molecular complexity index is 31.8. The van der Waals surface area contributed by atoms with Crippen molar-refractivity contribution in [2.45, 2.75) is 6.92 Å². The van der Waals surface area contributed by atoms with Crippen molar-refractivity contribution in [2.24, 2.45) is 0 Å². The van der Waals surface area contributed by atoms with E-state index in [9.17, 15) is 0 Å². The lowest BCUT2D eigenvalue weighted by atomic mass is 10.9. The lowest BCUT2D eigenvalue weighted by molar-refractivity contribution is -0.134. The summed E-state index contributed by atoms with van der Waals surface area (Å²) in [6.45, 7) is 1.08. The third-order valence-electron chi connectivity index (χ3n) is 0. The van der Waals surface area contributed by atoms with Crippen LogP contribution in [0.5, 0.6) is 0 Å². The molecule has 0 fully saturated rings. The lowest BCUT2D eigenvalue weighted by Gasteiger charge is -1.59. The molecule has 0 amide bonds. The molecule has 0 aromatic rings. The Morgan fingerprint density at radius 2 is 1.67 bits per heavy atom. The van der Waals surface area contributed by atoms with E-state index in [4.69, 9.17) is 9.90 Å². The summed E-state index contributed by atoms with van der Waals surface area (Å²) in [6, 6.07) is 0. The highest BCUT2D eigenvalue weighted by molar-refractivity contribution is 5.62. The number of aliphatic carboxylic acids is 1. The van der Waals surface area contributed by atoms with E-state index in [0.29, 0.717) is 0 Å². The smallest absolute Gasteiger partial charge is 0.300 e. The summed E-state index contributed by atoms with van der Waals surface area (Å²) in [5, 5.41) is 7.42. The van der Waals surface area contributed by atoms with E-state index in [1.54, 1.807) is 0 Å². The molecule has 0 aromatic heterocycles. The fourth-order valence-corrected chi connectivity index (χ4v) is 0. The third kappa shape index (κ3) is 52.0. The van der Waals surface area contributed by atoms with Crippen molar-refractivity contribution in [3.8, 4) is 0 Å². The normalized spacial score (nSPS) is 4.17. The van der Waals surface area contributed by atoms with Gasteiger partial charge in [0.2, 0.25) is 0 Å². The number of rotatable bonds is 0. The van der Waals surface area contributed by atoms with Crippen LogP contribution in [0.25, 0.3) is 0 Å². The number of carboxylic acids is 1. The maximum atomic E-state index is 9.00. The molecule has 0 bridgehead atoms. The van der Waals surface area contributed by atoms with Crippen LogP contribution < -0.4 is 6.15 Å². The van der Waals surface area contributed by atoms with Crippen LogP contribution in [0.1, 0.15) is 6.92 Å². The highest BCUT2D eigenvalue weighted by atomic mass is 16.4. The maximum Gasteiger partial charge on any atom is 0.300 e. The van der Waals surface area contributed by atoms with Crippen LogP contribution in [0.3, 0.4) is 0 Å². The number of hydrogen-bond acceptors (Lipinski definition) is 2. The Hall–Kier alpha value is -0.610. The Balaban J connectivity index is -0.0000000450. The van der Waals surface area contributed by atoms with Crippen LogP contribution in [0, 0.1) is 0 Å². The van der Waals surface area contributed by atoms with Gasteiger partial charge in [0, 0.05) is 6.92 Å². The fourth-order valence-electron chi connectivity index (χ4n) is 0. The second-order valence-electron chi connectivity index (χ2n) is 0.519. The van der Waals surface area contributed by atoms with Gasteiger partial charge in [-0.1, -0.05) is 0 Å². The molecule has 0 aliphatic carbocycles. The minimum absolute atomic E-state index is 0. The van der Waals surface area contributed by atoms with Crippen LogP contribution in [0.2, 0.25) is 0 Å². The molecule has 0 aliphatic heterocycles. The van der Waals surface area contributed by atoms with Crippen molar-refractivity contribution in [3.05, 3.63) is 0 Å². The van der Waals surface area contributed by atoms with Gasteiger partial charge in [-0.25, -0.2) is 0 Å². The van der Waals surface area contributed by atoms with Gasteiger partial charge in [-0.2, -0.15) is 0 Å². The lowest BCUT2D eigenvalue weighted by Crippen LogP contribution is -1.78. The number of carbonyl (C=O) groups is 1. The maximum absolute atomic E-state index is 9.00. The minimum Gasteiger partial charge on any atom is -0.481 e. The summed E-state index contributed by atoms with van der Waals surface area (Å²) in [6.07, 6.45) is 0. The first-order chi connectivity index (χ1) is 1.73. The minimum atomic E-state index is -0.833. The molecule has 0 saturated heterocycles. The molecule has 4 heteroatoms. The van der Waals surface area contributed by atoms with E-state index in [-0.39, 0.29) is 11.6 Å². The highest BCUT2D eigenvalue weighted by Gasteiger charge is 1.65. The topological polar surface area (TPSA) is 104 Å². The van der Waals surface area contributed by atoms with Crippen LogP contribution in [0.4, 0.5) is 0 Å². The number of carboxylic acid groups (broad SMARTS) is 1. The first-order valence-corrected chi connectivity index (χ1v) is 0.928. The van der Waals surface area contributed by atoms with Crippen LogP contribution in [0.15, 0.2) is 0 Å². The van der Waals surface area contributed by atoms with Gasteiger partial charge in [-0.15, -0.1) is 0 Å². The average Bonchev–Trinajstić information content (AvgIpc) is 0.811. The highest BCUT2D eigenvalue weighted by Crippen LogP contribution is 1.42. The molecule has 0 unspecified atom stereocenters. The van der Waals surface area contributed by atoms with Gasteiger partial charge in [0.1, 0.15) is 0 Å². The Kier molecular flexibility index (Phi) is 26.8. The van der Waals surface area contributed by atoms with Gasteiger partial charge in [-0.3, -0.25) is 4.79 Å². The van der Waals surface area contributed by atoms with Crippen LogP contribution >= 0.6 is 0 Å². The van der Waals surface area contributed by atoms with E-state index in [0.717, 1.165) is 6.92 Å². The van der Waals surface area contributed by atoms with Crippen molar-refractivity contribution in [1.82, 2.24) is 6.15 Å². The summed E-state index contributed by atoms with van der Waals surface area (Å²) >= 11 is 0. The Morgan fingerprint density at radius 1 is 1.67 bits per heavy atom. The molecule has 0 radical (unpaired) electrons. The van der Waals surface area contributed by atoms with Gasteiger partial charge >= 0.3 is 0 Å². The molecule has 40 valence electrons. The molecular formula is C2H9NO3. The van der Waals surface area contributed by atoms with Crippen molar-refractivity contribution in [2.75, 3.05) is 0 Å². The van der Waals surface area contributed by atoms with Crippen molar-refractivity contribution in [1.29, 1.82) is 0 Å². The summed E-state index contributed by atoms with van der Waals surface area (Å²) in [5.74, 6) is -0.833. The van der Waals surface area contributed by atoms with Gasteiger partial charge in [0.05, 0.1) is 0 Å². The first kappa shape index (κ1) is 18.2. The van der Waals surface area contributed by atoms with E-state index in [2.05, 4.69) is 0 Å². The van der Waals surface area contributed by atoms with Crippen molar-refractivity contribution >= 4 is 5.97 Å².